The van der Waals surface area contributed by atoms with Gasteiger partial charge < -0.3 is 10.6 Å². The van der Waals surface area contributed by atoms with Crippen LogP contribution in [0.2, 0.25) is 5.02 Å². The van der Waals surface area contributed by atoms with Gasteiger partial charge in [0.2, 0.25) is 0 Å². The summed E-state index contributed by atoms with van der Waals surface area (Å²) in [6.45, 7) is 3.37. The third-order valence-electron chi connectivity index (χ3n) is 2.69. The highest BCUT2D eigenvalue weighted by atomic mass is 35.5. The number of nitrogens with one attached hydrogen (secondary N) is 2. The molecule has 0 saturated heterocycles. The van der Waals surface area contributed by atoms with Gasteiger partial charge in [-0.15, -0.1) is 0 Å². The average molecular weight is 293 g/mol. The molecule has 2 aromatic rings. The van der Waals surface area contributed by atoms with E-state index in [1.807, 2.05) is 24.0 Å². The lowest BCUT2D eigenvalue weighted by Gasteiger charge is -2.08. The van der Waals surface area contributed by atoms with Crippen LogP contribution < -0.4 is 10.6 Å². The summed E-state index contributed by atoms with van der Waals surface area (Å²) in [6.07, 6.45) is 4.62. The smallest absolute Gasteiger partial charge is 0.319 e. The summed E-state index contributed by atoms with van der Waals surface area (Å²) in [6, 6.07) is 6.81. The number of hydrogen-bond acceptors (Lipinski definition) is 2. The molecule has 1 aromatic heterocycles. The van der Waals surface area contributed by atoms with Crippen molar-refractivity contribution in [1.29, 1.82) is 0 Å². The largest absolute Gasteiger partial charge is 0.338 e. The van der Waals surface area contributed by atoms with Crippen LogP contribution in [-0.2, 0) is 6.54 Å². The third kappa shape index (κ3) is 4.59. The molecule has 0 unspecified atom stereocenters. The minimum atomic E-state index is -0.232. The molecule has 0 radical (unpaired) electrons. The molecule has 0 spiro atoms. The summed E-state index contributed by atoms with van der Waals surface area (Å²) in [5.74, 6) is 0. The Labute approximate surface area is 122 Å². The van der Waals surface area contributed by atoms with Crippen LogP contribution in [0.25, 0.3) is 0 Å². The number of nitrogens with zero attached hydrogens (tertiary/aromatic N) is 2. The zero-order chi connectivity index (χ0) is 14.4. The maximum atomic E-state index is 11.7. The first kappa shape index (κ1) is 14.4. The quantitative estimate of drug-likeness (QED) is 0.832. The Balaban J connectivity index is 1.67. The fourth-order valence-electron chi connectivity index (χ4n) is 1.77. The number of benzene rings is 1. The van der Waals surface area contributed by atoms with Gasteiger partial charge in [-0.3, -0.25) is 4.68 Å². The molecule has 0 aliphatic heterocycles. The molecule has 106 valence electrons. The summed E-state index contributed by atoms with van der Waals surface area (Å²) in [4.78, 5) is 11.7. The number of carbonyl (C=O) groups excluding carboxylic acids is 1. The van der Waals surface area contributed by atoms with Crippen molar-refractivity contribution in [3.63, 3.8) is 0 Å². The average Bonchev–Trinajstić information content (AvgIpc) is 2.80. The van der Waals surface area contributed by atoms with Crippen LogP contribution in [0.4, 0.5) is 10.5 Å². The predicted molar refractivity (Wildman–Crippen MR) is 80.1 cm³/mol. The maximum absolute atomic E-state index is 11.7. The summed E-state index contributed by atoms with van der Waals surface area (Å²) in [7, 11) is 0. The SMILES string of the molecule is Cc1cnn(CCCNC(=O)Nc2cccc(Cl)c2)c1. The van der Waals surface area contributed by atoms with Gasteiger partial charge in [0.05, 0.1) is 6.20 Å². The Bertz CT molecular complexity index is 582. The van der Waals surface area contributed by atoms with E-state index in [0.29, 0.717) is 17.3 Å². The van der Waals surface area contributed by atoms with Crippen LogP contribution in [-0.4, -0.2) is 22.4 Å². The van der Waals surface area contributed by atoms with Gasteiger partial charge in [-0.1, -0.05) is 17.7 Å². The van der Waals surface area contributed by atoms with Crippen LogP contribution in [0.15, 0.2) is 36.7 Å². The lowest BCUT2D eigenvalue weighted by atomic mass is 10.3. The molecule has 5 nitrogen and oxygen atoms in total. The zero-order valence-electron chi connectivity index (χ0n) is 11.3. The number of halogens is 1. The lowest BCUT2D eigenvalue weighted by Crippen LogP contribution is -2.30. The number of aromatic nitrogens is 2. The first-order valence-electron chi connectivity index (χ1n) is 6.43. The number of urea groups is 1. The highest BCUT2D eigenvalue weighted by Crippen LogP contribution is 2.14. The normalized spacial score (nSPS) is 10.3. The minimum Gasteiger partial charge on any atom is -0.338 e. The maximum Gasteiger partial charge on any atom is 0.319 e. The summed E-state index contributed by atoms with van der Waals surface area (Å²) < 4.78 is 1.87. The van der Waals surface area contributed by atoms with Crippen molar-refractivity contribution in [1.82, 2.24) is 15.1 Å². The molecule has 2 rings (SSSR count). The summed E-state index contributed by atoms with van der Waals surface area (Å²) >= 11 is 5.84. The van der Waals surface area contributed by atoms with Gasteiger partial charge in [0.1, 0.15) is 0 Å². The fourth-order valence-corrected chi connectivity index (χ4v) is 1.96. The van der Waals surface area contributed by atoms with E-state index in [9.17, 15) is 4.79 Å². The van der Waals surface area contributed by atoms with Gasteiger partial charge in [-0.2, -0.15) is 5.10 Å². The van der Waals surface area contributed by atoms with Crippen LogP contribution >= 0.6 is 11.6 Å². The Morgan fingerprint density at radius 2 is 2.30 bits per heavy atom. The molecule has 2 N–H and O–H groups in total. The van der Waals surface area contributed by atoms with E-state index in [-0.39, 0.29) is 6.03 Å². The second-order valence-electron chi connectivity index (χ2n) is 4.53. The molecule has 0 aliphatic carbocycles. The van der Waals surface area contributed by atoms with Crippen LogP contribution in [0.3, 0.4) is 0 Å². The van der Waals surface area contributed by atoms with E-state index in [4.69, 9.17) is 11.6 Å². The van der Waals surface area contributed by atoms with Crippen molar-refractivity contribution >= 4 is 23.3 Å². The number of aryl methyl sites for hydroxylation is 2. The molecule has 0 fully saturated rings. The van der Waals surface area contributed by atoms with Crippen molar-refractivity contribution < 1.29 is 4.79 Å². The number of anilines is 1. The van der Waals surface area contributed by atoms with Gasteiger partial charge >= 0.3 is 6.03 Å². The molecule has 6 heteroatoms. The topological polar surface area (TPSA) is 59.0 Å². The van der Waals surface area contributed by atoms with Crippen LogP contribution in [0.1, 0.15) is 12.0 Å². The Morgan fingerprint density at radius 1 is 1.45 bits per heavy atom. The van der Waals surface area contributed by atoms with Gasteiger partial charge in [0, 0.05) is 30.0 Å². The molecule has 20 heavy (non-hydrogen) atoms. The minimum absolute atomic E-state index is 0.232. The molecular formula is C14H17ClN4O. The first-order chi connectivity index (χ1) is 9.63. The summed E-state index contributed by atoms with van der Waals surface area (Å²) in [5, 5.41) is 10.3. The van der Waals surface area contributed by atoms with Crippen LogP contribution in [0, 0.1) is 6.92 Å². The number of amides is 2. The fraction of sp³-hybridized carbons (Fsp3) is 0.286. The molecular weight excluding hydrogens is 276 g/mol. The Kier molecular flexibility index (Phi) is 5.01. The number of hydrogen-bond donors (Lipinski definition) is 2. The first-order valence-corrected chi connectivity index (χ1v) is 6.81. The van der Waals surface area contributed by atoms with Crippen molar-refractivity contribution in [3.05, 3.63) is 47.2 Å². The Hall–Kier alpha value is -2.01. The Morgan fingerprint density at radius 3 is 3.00 bits per heavy atom. The zero-order valence-corrected chi connectivity index (χ0v) is 12.0. The van der Waals surface area contributed by atoms with Gasteiger partial charge in [0.25, 0.3) is 0 Å². The number of carbonyl (C=O) groups is 1. The molecule has 0 aliphatic rings. The highest BCUT2D eigenvalue weighted by molar-refractivity contribution is 6.30. The van der Waals surface area contributed by atoms with E-state index >= 15 is 0 Å². The van der Waals surface area contributed by atoms with E-state index < -0.39 is 0 Å². The molecule has 0 bridgehead atoms. The molecule has 1 heterocycles. The van der Waals surface area contributed by atoms with E-state index in [1.54, 1.807) is 24.3 Å². The van der Waals surface area contributed by atoms with Crippen molar-refractivity contribution in [2.45, 2.75) is 19.9 Å². The highest BCUT2D eigenvalue weighted by Gasteiger charge is 2.01. The lowest BCUT2D eigenvalue weighted by molar-refractivity contribution is 0.251. The molecule has 0 atom stereocenters. The van der Waals surface area contributed by atoms with Gasteiger partial charge in [-0.05, 0) is 37.1 Å². The molecule has 1 aromatic carbocycles. The second kappa shape index (κ2) is 6.96. The molecule has 2 amide bonds. The van der Waals surface area contributed by atoms with E-state index in [0.717, 1.165) is 18.5 Å². The second-order valence-corrected chi connectivity index (χ2v) is 4.96. The van der Waals surface area contributed by atoms with E-state index in [1.165, 1.54) is 0 Å². The van der Waals surface area contributed by atoms with Crippen molar-refractivity contribution in [3.8, 4) is 0 Å². The van der Waals surface area contributed by atoms with Gasteiger partial charge in [-0.25, -0.2) is 4.79 Å². The monoisotopic (exact) mass is 292 g/mol. The summed E-state index contributed by atoms with van der Waals surface area (Å²) in [5.41, 5.74) is 1.81. The van der Waals surface area contributed by atoms with Crippen molar-refractivity contribution in [2.24, 2.45) is 0 Å². The van der Waals surface area contributed by atoms with Crippen LogP contribution in [0.5, 0.6) is 0 Å². The third-order valence-corrected chi connectivity index (χ3v) is 2.93. The number of rotatable bonds is 5. The van der Waals surface area contributed by atoms with E-state index in [2.05, 4.69) is 15.7 Å². The predicted octanol–water partition coefficient (Wildman–Crippen LogP) is 3.06. The standard InChI is InChI=1S/C14H17ClN4O/c1-11-9-17-19(10-11)7-3-6-16-14(20)18-13-5-2-4-12(15)8-13/h2,4-5,8-10H,3,6-7H2,1H3,(H2,16,18,20). The molecule has 0 saturated carbocycles. The van der Waals surface area contributed by atoms with Crippen molar-refractivity contribution in [2.75, 3.05) is 11.9 Å². The van der Waals surface area contributed by atoms with Gasteiger partial charge in [0.15, 0.2) is 0 Å².